The molecule has 3 aromatic heterocycles. The molecule has 1 aromatic carbocycles. The fraction of sp³-hybridized carbons (Fsp3) is 0.419. The predicted octanol–water partition coefficient (Wildman–Crippen LogP) is 7.53. The molecule has 1 fully saturated rings. The van der Waals surface area contributed by atoms with Gasteiger partial charge in [-0.2, -0.15) is 0 Å². The first-order valence-electron chi connectivity index (χ1n) is 13.5. The second-order valence-electron chi connectivity index (χ2n) is 11.4. The number of aryl methyl sites for hydroxylation is 2. The lowest BCUT2D eigenvalue weighted by molar-refractivity contribution is -0.155. The standard InChI is InChI=1S/C31H35N3O4S/c1-18-29(39-19(2)32-18)25-14-11-21-15-22(12-13-24(21)33-25)28-23(20-9-7-6-8-10-20)16-26(30(36)37)34(28)17-27(35)38-31(3,4)5/h11-16,20H,6-10,17H2,1-5H3,(H,36,37). The van der Waals surface area contributed by atoms with Gasteiger partial charge in [0.2, 0.25) is 0 Å². The third-order valence-corrected chi connectivity index (χ3v) is 8.29. The molecule has 0 amide bonds. The number of carboxylic acids is 1. The molecular formula is C31H35N3O4S. The van der Waals surface area contributed by atoms with Crippen molar-refractivity contribution >= 4 is 34.2 Å². The van der Waals surface area contributed by atoms with E-state index in [4.69, 9.17) is 9.72 Å². The molecule has 0 aliphatic heterocycles. The van der Waals surface area contributed by atoms with Crippen LogP contribution in [0.4, 0.5) is 0 Å². The van der Waals surface area contributed by atoms with E-state index in [1.807, 2.05) is 52.8 Å². The van der Waals surface area contributed by atoms with Crippen LogP contribution in [-0.2, 0) is 16.1 Å². The van der Waals surface area contributed by atoms with Crippen molar-refractivity contribution in [1.82, 2.24) is 14.5 Å². The minimum Gasteiger partial charge on any atom is -0.477 e. The van der Waals surface area contributed by atoms with E-state index in [1.54, 1.807) is 22.0 Å². The number of carbonyl (C=O) groups is 2. The molecule has 4 aromatic rings. The van der Waals surface area contributed by atoms with Crippen LogP contribution < -0.4 is 0 Å². The Kier molecular flexibility index (Phi) is 7.33. The Bertz CT molecular complexity index is 1550. The number of carbonyl (C=O) groups excluding carboxylic acids is 1. The van der Waals surface area contributed by atoms with Crippen LogP contribution >= 0.6 is 11.3 Å². The summed E-state index contributed by atoms with van der Waals surface area (Å²) >= 11 is 1.63. The van der Waals surface area contributed by atoms with Crippen molar-refractivity contribution in [1.29, 1.82) is 0 Å². The van der Waals surface area contributed by atoms with Gasteiger partial charge in [-0.1, -0.05) is 31.4 Å². The number of aromatic nitrogens is 3. The van der Waals surface area contributed by atoms with Crippen LogP contribution in [0, 0.1) is 13.8 Å². The third-order valence-electron chi connectivity index (χ3n) is 7.20. The number of hydrogen-bond acceptors (Lipinski definition) is 6. The number of thiazole rings is 1. The molecule has 1 aliphatic rings. The summed E-state index contributed by atoms with van der Waals surface area (Å²) in [5, 5.41) is 12.1. The molecule has 0 radical (unpaired) electrons. The Morgan fingerprint density at radius 1 is 1.05 bits per heavy atom. The van der Waals surface area contributed by atoms with Crippen LogP contribution in [0.5, 0.6) is 0 Å². The average Bonchev–Trinajstić information content (AvgIpc) is 3.42. The van der Waals surface area contributed by atoms with Crippen molar-refractivity contribution in [3.63, 3.8) is 0 Å². The zero-order chi connectivity index (χ0) is 27.9. The van der Waals surface area contributed by atoms with Crippen LogP contribution in [0.2, 0.25) is 0 Å². The summed E-state index contributed by atoms with van der Waals surface area (Å²) in [4.78, 5) is 35.8. The molecule has 7 nitrogen and oxygen atoms in total. The zero-order valence-electron chi connectivity index (χ0n) is 23.2. The highest BCUT2D eigenvalue weighted by molar-refractivity contribution is 7.15. The van der Waals surface area contributed by atoms with Gasteiger partial charge < -0.3 is 14.4 Å². The normalized spacial score (nSPS) is 14.6. The van der Waals surface area contributed by atoms with Gasteiger partial charge in [0, 0.05) is 5.39 Å². The van der Waals surface area contributed by atoms with Gasteiger partial charge >= 0.3 is 11.9 Å². The van der Waals surface area contributed by atoms with E-state index in [2.05, 4.69) is 17.1 Å². The lowest BCUT2D eigenvalue weighted by atomic mass is 9.83. The quantitative estimate of drug-likeness (QED) is 0.252. The van der Waals surface area contributed by atoms with E-state index < -0.39 is 17.5 Å². The number of ether oxygens (including phenoxy) is 1. The number of nitrogens with zero attached hydrogens (tertiary/aromatic N) is 3. The molecule has 0 saturated heterocycles. The molecule has 1 saturated carbocycles. The first kappa shape index (κ1) is 27.1. The summed E-state index contributed by atoms with van der Waals surface area (Å²) in [5.41, 5.74) is 4.81. The maximum atomic E-state index is 12.9. The Labute approximate surface area is 232 Å². The van der Waals surface area contributed by atoms with Gasteiger partial charge in [-0.05, 0) is 88.8 Å². The number of esters is 1. The van der Waals surface area contributed by atoms with Gasteiger partial charge in [0.15, 0.2) is 0 Å². The lowest BCUT2D eigenvalue weighted by Gasteiger charge is -2.24. The van der Waals surface area contributed by atoms with E-state index in [9.17, 15) is 14.7 Å². The molecule has 8 heteroatoms. The topological polar surface area (TPSA) is 94.3 Å². The number of carboxylic acid groups (broad SMARTS) is 1. The molecule has 39 heavy (non-hydrogen) atoms. The molecule has 1 aliphatic carbocycles. The van der Waals surface area contributed by atoms with E-state index in [0.717, 1.165) is 74.7 Å². The van der Waals surface area contributed by atoms with E-state index >= 15 is 0 Å². The first-order chi connectivity index (χ1) is 18.5. The molecule has 0 unspecified atom stereocenters. The van der Waals surface area contributed by atoms with Crippen molar-refractivity contribution in [2.24, 2.45) is 0 Å². The SMILES string of the molecule is Cc1nc(C)c(-c2ccc3cc(-c4c(C5CCCCC5)cc(C(=O)O)n4CC(=O)OC(C)(C)C)ccc3n2)s1. The van der Waals surface area contributed by atoms with Crippen molar-refractivity contribution in [3.8, 4) is 21.8 Å². The van der Waals surface area contributed by atoms with Crippen LogP contribution in [0.3, 0.4) is 0 Å². The Morgan fingerprint density at radius 2 is 1.79 bits per heavy atom. The molecule has 0 spiro atoms. The van der Waals surface area contributed by atoms with Gasteiger partial charge in [0.05, 0.1) is 32.5 Å². The van der Waals surface area contributed by atoms with E-state index in [1.165, 1.54) is 6.42 Å². The zero-order valence-corrected chi connectivity index (χ0v) is 24.0. The fourth-order valence-electron chi connectivity index (χ4n) is 5.63. The first-order valence-corrected chi connectivity index (χ1v) is 14.4. The average molecular weight is 546 g/mol. The van der Waals surface area contributed by atoms with Crippen molar-refractivity contribution < 1.29 is 19.4 Å². The van der Waals surface area contributed by atoms with Gasteiger partial charge in [-0.15, -0.1) is 11.3 Å². The summed E-state index contributed by atoms with van der Waals surface area (Å²) < 4.78 is 7.22. The second-order valence-corrected chi connectivity index (χ2v) is 12.6. The minimum atomic E-state index is -1.05. The Morgan fingerprint density at radius 3 is 2.44 bits per heavy atom. The number of hydrogen-bond donors (Lipinski definition) is 1. The molecular weight excluding hydrogens is 510 g/mol. The molecule has 5 rings (SSSR count). The maximum absolute atomic E-state index is 12.9. The molecule has 1 N–H and O–H groups in total. The highest BCUT2D eigenvalue weighted by atomic mass is 32.1. The van der Waals surface area contributed by atoms with Crippen LogP contribution in [0.1, 0.15) is 85.5 Å². The highest BCUT2D eigenvalue weighted by Gasteiger charge is 2.29. The summed E-state index contributed by atoms with van der Waals surface area (Å²) in [7, 11) is 0. The largest absolute Gasteiger partial charge is 0.477 e. The summed E-state index contributed by atoms with van der Waals surface area (Å²) in [5.74, 6) is -1.26. The van der Waals surface area contributed by atoms with Gasteiger partial charge in [-0.25, -0.2) is 14.8 Å². The number of benzene rings is 1. The summed E-state index contributed by atoms with van der Waals surface area (Å²) in [6.07, 6.45) is 5.44. The van der Waals surface area contributed by atoms with E-state index in [0.29, 0.717) is 0 Å². The second kappa shape index (κ2) is 10.6. The number of pyridine rings is 1. The molecule has 0 bridgehead atoms. The number of fused-ring (bicyclic) bond motifs is 1. The van der Waals surface area contributed by atoms with Crippen LogP contribution in [0.25, 0.3) is 32.7 Å². The Hall–Kier alpha value is -3.52. The number of aromatic carboxylic acids is 1. The number of rotatable bonds is 6. The van der Waals surface area contributed by atoms with Crippen LogP contribution in [0.15, 0.2) is 36.4 Å². The van der Waals surface area contributed by atoms with Gasteiger partial charge in [-0.3, -0.25) is 4.79 Å². The van der Waals surface area contributed by atoms with Crippen molar-refractivity contribution in [2.75, 3.05) is 0 Å². The third kappa shape index (κ3) is 5.76. The highest BCUT2D eigenvalue weighted by Crippen LogP contribution is 2.41. The summed E-state index contributed by atoms with van der Waals surface area (Å²) in [6.45, 7) is 9.27. The predicted molar refractivity (Wildman–Crippen MR) is 154 cm³/mol. The monoisotopic (exact) mass is 545 g/mol. The van der Waals surface area contributed by atoms with Crippen LogP contribution in [-0.4, -0.2) is 37.2 Å². The van der Waals surface area contributed by atoms with Crippen molar-refractivity contribution in [3.05, 3.63) is 58.4 Å². The molecule has 3 heterocycles. The van der Waals surface area contributed by atoms with Gasteiger partial charge in [0.25, 0.3) is 0 Å². The lowest BCUT2D eigenvalue weighted by Crippen LogP contribution is -2.27. The smallest absolute Gasteiger partial charge is 0.352 e. The van der Waals surface area contributed by atoms with Gasteiger partial charge in [0.1, 0.15) is 17.8 Å². The van der Waals surface area contributed by atoms with E-state index in [-0.39, 0.29) is 18.2 Å². The minimum absolute atomic E-state index is 0.112. The Balaban J connectivity index is 1.63. The molecule has 204 valence electrons. The fourth-order valence-corrected chi connectivity index (χ4v) is 6.52. The molecule has 0 atom stereocenters. The van der Waals surface area contributed by atoms with Crippen molar-refractivity contribution in [2.45, 2.75) is 84.8 Å². The maximum Gasteiger partial charge on any atom is 0.352 e. The summed E-state index contributed by atoms with van der Waals surface area (Å²) in [6, 6.07) is 11.9.